The maximum atomic E-state index is 8.23. The highest BCUT2D eigenvalue weighted by atomic mass is 16.5. The second kappa shape index (κ2) is 6.01. The van der Waals surface area contributed by atoms with Crippen molar-refractivity contribution in [1.82, 2.24) is 10.4 Å². The van der Waals surface area contributed by atoms with Gasteiger partial charge in [0.2, 0.25) is 0 Å². The van der Waals surface area contributed by atoms with Crippen LogP contribution in [0.5, 0.6) is 0 Å². The maximum Gasteiger partial charge on any atom is 0.0335 e. The van der Waals surface area contributed by atoms with Crippen molar-refractivity contribution < 1.29 is 5.21 Å². The third-order valence-corrected chi connectivity index (χ3v) is 1.43. The molecular weight excluding hydrogens is 116 g/mol. The van der Waals surface area contributed by atoms with E-state index >= 15 is 0 Å². The minimum absolute atomic E-state index is 0.654. The van der Waals surface area contributed by atoms with Crippen LogP contribution in [0.25, 0.3) is 0 Å². The molecule has 0 aliphatic carbocycles. The third kappa shape index (κ3) is 4.39. The van der Waals surface area contributed by atoms with Crippen LogP contribution in [0.2, 0.25) is 0 Å². The van der Waals surface area contributed by atoms with Gasteiger partial charge < -0.3 is 10.1 Å². The Morgan fingerprint density at radius 2 is 1.89 bits per heavy atom. The summed E-state index contributed by atoms with van der Waals surface area (Å²) in [7, 11) is 0. The zero-order valence-corrected chi connectivity index (χ0v) is 6.22. The Bertz CT molecular complexity index is 55.0. The van der Waals surface area contributed by atoms with Crippen molar-refractivity contribution in [2.24, 2.45) is 0 Å². The summed E-state index contributed by atoms with van der Waals surface area (Å²) in [5.41, 5.74) is 2.13. The number of rotatable bonds is 5. The minimum Gasteiger partial charge on any atom is -0.317 e. The Morgan fingerprint density at radius 3 is 2.22 bits per heavy atom. The average Bonchev–Trinajstić information content (AvgIpc) is 1.91. The van der Waals surface area contributed by atoms with E-state index in [1.807, 2.05) is 0 Å². The van der Waals surface area contributed by atoms with Crippen LogP contribution in [0.15, 0.2) is 0 Å². The molecule has 0 aliphatic heterocycles. The van der Waals surface area contributed by atoms with Gasteiger partial charge in [0.05, 0.1) is 0 Å². The highest BCUT2D eigenvalue weighted by Crippen LogP contribution is 1.82. The molecule has 0 heterocycles. The summed E-state index contributed by atoms with van der Waals surface area (Å²) in [6.07, 6.45) is 0. The first-order valence-corrected chi connectivity index (χ1v) is 3.44. The zero-order chi connectivity index (χ0) is 7.11. The first-order chi connectivity index (χ1) is 4.35. The molecule has 9 heavy (non-hydrogen) atoms. The standard InChI is InChI=1S/C6H16N2O/c1-3-8(4-2)6-5-7-9/h7,9H,3-6H2,1-2H3. The van der Waals surface area contributed by atoms with Crippen molar-refractivity contribution >= 4 is 0 Å². The second-order valence-electron chi connectivity index (χ2n) is 1.93. The van der Waals surface area contributed by atoms with Gasteiger partial charge in [-0.05, 0) is 13.1 Å². The number of hydrogen-bond donors (Lipinski definition) is 2. The Balaban J connectivity index is 3.09. The number of hydroxylamine groups is 1. The Labute approximate surface area is 56.6 Å². The van der Waals surface area contributed by atoms with Crippen LogP contribution < -0.4 is 5.48 Å². The summed E-state index contributed by atoms with van der Waals surface area (Å²) in [6, 6.07) is 0. The predicted molar refractivity (Wildman–Crippen MR) is 37.6 cm³/mol. The first-order valence-electron chi connectivity index (χ1n) is 3.44. The molecule has 0 saturated heterocycles. The maximum absolute atomic E-state index is 8.23. The van der Waals surface area contributed by atoms with Crippen molar-refractivity contribution in [2.75, 3.05) is 26.2 Å². The summed E-state index contributed by atoms with van der Waals surface area (Å²) in [6.45, 7) is 7.91. The van der Waals surface area contributed by atoms with Crippen LogP contribution in [-0.4, -0.2) is 36.3 Å². The van der Waals surface area contributed by atoms with Crippen LogP contribution in [0.3, 0.4) is 0 Å². The number of likely N-dealkylation sites (N-methyl/N-ethyl adjacent to an activating group) is 1. The van der Waals surface area contributed by atoms with Gasteiger partial charge in [-0.3, -0.25) is 0 Å². The first kappa shape index (κ1) is 8.88. The lowest BCUT2D eigenvalue weighted by molar-refractivity contribution is 0.149. The summed E-state index contributed by atoms with van der Waals surface area (Å²) in [5, 5.41) is 8.23. The van der Waals surface area contributed by atoms with Crippen LogP contribution in [0.1, 0.15) is 13.8 Å². The van der Waals surface area contributed by atoms with Crippen molar-refractivity contribution in [3.8, 4) is 0 Å². The summed E-state index contributed by atoms with van der Waals surface area (Å²) < 4.78 is 0. The minimum atomic E-state index is 0.654. The van der Waals surface area contributed by atoms with E-state index in [0.717, 1.165) is 19.6 Å². The molecule has 0 aliphatic rings. The summed E-state index contributed by atoms with van der Waals surface area (Å²) >= 11 is 0. The smallest absolute Gasteiger partial charge is 0.0335 e. The molecule has 0 spiro atoms. The molecule has 56 valence electrons. The molecule has 0 amide bonds. The molecule has 0 bridgehead atoms. The lowest BCUT2D eigenvalue weighted by atomic mass is 10.5. The molecule has 0 saturated carbocycles. The van der Waals surface area contributed by atoms with E-state index in [1.54, 1.807) is 0 Å². The Hall–Kier alpha value is -0.120. The topological polar surface area (TPSA) is 35.5 Å². The zero-order valence-electron chi connectivity index (χ0n) is 6.22. The fourth-order valence-corrected chi connectivity index (χ4v) is 0.748. The predicted octanol–water partition coefficient (Wildman–Crippen LogP) is 0.307. The van der Waals surface area contributed by atoms with Gasteiger partial charge in [-0.1, -0.05) is 13.8 Å². The monoisotopic (exact) mass is 132 g/mol. The lowest BCUT2D eigenvalue weighted by Gasteiger charge is -2.16. The summed E-state index contributed by atoms with van der Waals surface area (Å²) in [4.78, 5) is 2.24. The van der Waals surface area contributed by atoms with E-state index in [1.165, 1.54) is 0 Å². The molecule has 0 aromatic carbocycles. The Kier molecular flexibility index (Phi) is 5.93. The molecule has 0 rings (SSSR count). The number of hydrogen-bond acceptors (Lipinski definition) is 3. The van der Waals surface area contributed by atoms with E-state index in [4.69, 9.17) is 5.21 Å². The molecule has 0 unspecified atom stereocenters. The largest absolute Gasteiger partial charge is 0.317 e. The van der Waals surface area contributed by atoms with E-state index in [-0.39, 0.29) is 0 Å². The molecule has 0 radical (unpaired) electrons. The van der Waals surface area contributed by atoms with Crippen LogP contribution in [0, 0.1) is 0 Å². The Morgan fingerprint density at radius 1 is 1.33 bits per heavy atom. The van der Waals surface area contributed by atoms with Gasteiger partial charge in [-0.15, -0.1) is 0 Å². The number of nitrogens with zero attached hydrogens (tertiary/aromatic N) is 1. The van der Waals surface area contributed by atoms with Gasteiger partial charge in [-0.25, -0.2) is 5.48 Å². The van der Waals surface area contributed by atoms with E-state index in [9.17, 15) is 0 Å². The van der Waals surface area contributed by atoms with E-state index < -0.39 is 0 Å². The molecule has 0 aromatic rings. The second-order valence-corrected chi connectivity index (χ2v) is 1.93. The average molecular weight is 132 g/mol. The van der Waals surface area contributed by atoms with Gasteiger partial charge in [-0.2, -0.15) is 0 Å². The number of nitrogens with one attached hydrogen (secondary N) is 1. The van der Waals surface area contributed by atoms with Gasteiger partial charge in [0.15, 0.2) is 0 Å². The van der Waals surface area contributed by atoms with Crippen molar-refractivity contribution in [3.05, 3.63) is 0 Å². The fourth-order valence-electron chi connectivity index (χ4n) is 0.748. The molecule has 0 fully saturated rings. The molecular formula is C6H16N2O. The van der Waals surface area contributed by atoms with Gasteiger partial charge in [0.1, 0.15) is 0 Å². The van der Waals surface area contributed by atoms with E-state index in [2.05, 4.69) is 24.2 Å². The third-order valence-electron chi connectivity index (χ3n) is 1.43. The normalized spacial score (nSPS) is 10.7. The van der Waals surface area contributed by atoms with Crippen molar-refractivity contribution in [3.63, 3.8) is 0 Å². The molecule has 0 atom stereocenters. The van der Waals surface area contributed by atoms with Gasteiger partial charge >= 0.3 is 0 Å². The van der Waals surface area contributed by atoms with Crippen LogP contribution in [-0.2, 0) is 0 Å². The lowest BCUT2D eigenvalue weighted by Crippen LogP contribution is -2.30. The van der Waals surface area contributed by atoms with Crippen molar-refractivity contribution in [2.45, 2.75) is 13.8 Å². The molecule has 2 N–H and O–H groups in total. The molecule has 0 aromatic heterocycles. The quantitative estimate of drug-likeness (QED) is 0.528. The van der Waals surface area contributed by atoms with Crippen LogP contribution in [0.4, 0.5) is 0 Å². The molecule has 3 nitrogen and oxygen atoms in total. The highest BCUT2D eigenvalue weighted by molar-refractivity contribution is 4.50. The van der Waals surface area contributed by atoms with Crippen LogP contribution >= 0.6 is 0 Å². The van der Waals surface area contributed by atoms with Gasteiger partial charge in [0.25, 0.3) is 0 Å². The SMILES string of the molecule is CCN(CC)CCNO. The van der Waals surface area contributed by atoms with E-state index in [0.29, 0.717) is 6.54 Å². The fraction of sp³-hybridized carbons (Fsp3) is 1.00. The van der Waals surface area contributed by atoms with Gasteiger partial charge in [0, 0.05) is 13.1 Å². The van der Waals surface area contributed by atoms with Crippen molar-refractivity contribution in [1.29, 1.82) is 0 Å². The summed E-state index contributed by atoms with van der Waals surface area (Å²) in [5.74, 6) is 0. The highest BCUT2D eigenvalue weighted by Gasteiger charge is 1.94. The molecule has 3 heteroatoms.